The number of benzene rings is 2. The van der Waals surface area contributed by atoms with Crippen molar-refractivity contribution in [1.82, 2.24) is 0 Å². The fraction of sp³-hybridized carbons (Fsp3) is 0.0714. The molecule has 0 unspecified atom stereocenters. The third-order valence-electron chi connectivity index (χ3n) is 2.92. The van der Waals surface area contributed by atoms with Crippen LogP contribution in [-0.4, -0.2) is 16.1 Å². The molecule has 22 heavy (non-hydrogen) atoms. The van der Waals surface area contributed by atoms with Crippen molar-refractivity contribution in [2.75, 3.05) is 0 Å². The molecule has 2 aromatic rings. The molecule has 0 radical (unpaired) electrons. The number of hydrogen-bond donors (Lipinski definition) is 0. The lowest BCUT2D eigenvalue weighted by molar-refractivity contribution is -0.385. The van der Waals surface area contributed by atoms with E-state index in [0.717, 1.165) is 0 Å². The average Bonchev–Trinajstić information content (AvgIpc) is 2.47. The van der Waals surface area contributed by atoms with E-state index in [-0.39, 0.29) is 16.4 Å². The standard InChI is InChI=1S/C14H10ClN3O4/c1-9-2-4-11(7-13(9)17(19)20)16-8-10-3-5-12(15)14(6-10)18(21)22/h2-8H,1H3. The van der Waals surface area contributed by atoms with Gasteiger partial charge in [0.2, 0.25) is 0 Å². The fourth-order valence-electron chi connectivity index (χ4n) is 1.77. The molecule has 0 spiro atoms. The normalized spacial score (nSPS) is 10.8. The predicted molar refractivity (Wildman–Crippen MR) is 83.2 cm³/mol. The Morgan fingerprint density at radius 3 is 2.36 bits per heavy atom. The van der Waals surface area contributed by atoms with Gasteiger partial charge in [-0.3, -0.25) is 25.2 Å². The summed E-state index contributed by atoms with van der Waals surface area (Å²) in [5, 5.41) is 21.7. The SMILES string of the molecule is Cc1ccc(N=Cc2ccc(Cl)c([N+](=O)[O-])c2)cc1[N+](=O)[O-]. The molecule has 0 aliphatic carbocycles. The number of aryl methyl sites for hydroxylation is 1. The first kappa shape index (κ1) is 15.6. The van der Waals surface area contributed by atoms with E-state index < -0.39 is 9.85 Å². The van der Waals surface area contributed by atoms with Crippen LogP contribution in [0.15, 0.2) is 41.4 Å². The van der Waals surface area contributed by atoms with E-state index >= 15 is 0 Å². The van der Waals surface area contributed by atoms with Crippen LogP contribution < -0.4 is 0 Å². The topological polar surface area (TPSA) is 98.6 Å². The van der Waals surface area contributed by atoms with E-state index in [1.807, 2.05) is 0 Å². The quantitative estimate of drug-likeness (QED) is 0.478. The summed E-state index contributed by atoms with van der Waals surface area (Å²) in [6, 6.07) is 8.82. The Hall–Kier alpha value is -2.80. The molecule has 0 bridgehead atoms. The van der Waals surface area contributed by atoms with Gasteiger partial charge in [0, 0.05) is 23.9 Å². The summed E-state index contributed by atoms with van der Waals surface area (Å²) in [7, 11) is 0. The lowest BCUT2D eigenvalue weighted by Crippen LogP contribution is -1.92. The van der Waals surface area contributed by atoms with Crippen LogP contribution in [0.1, 0.15) is 11.1 Å². The molecule has 7 nitrogen and oxygen atoms in total. The highest BCUT2D eigenvalue weighted by Crippen LogP contribution is 2.26. The zero-order valence-electron chi connectivity index (χ0n) is 11.4. The molecule has 0 aliphatic heterocycles. The predicted octanol–water partition coefficient (Wildman–Crippen LogP) is 4.22. The highest BCUT2D eigenvalue weighted by Gasteiger charge is 2.12. The molecule has 0 atom stereocenters. The molecule has 0 aliphatic rings. The van der Waals surface area contributed by atoms with Gasteiger partial charge >= 0.3 is 0 Å². The van der Waals surface area contributed by atoms with Crippen LogP contribution in [0, 0.1) is 27.2 Å². The summed E-state index contributed by atoms with van der Waals surface area (Å²) in [5.74, 6) is 0. The number of aliphatic imine (C=N–C) groups is 1. The Balaban J connectivity index is 2.33. The van der Waals surface area contributed by atoms with Crippen molar-refractivity contribution in [3.8, 4) is 0 Å². The number of nitro benzene ring substituents is 2. The Morgan fingerprint density at radius 2 is 1.73 bits per heavy atom. The Labute approximate surface area is 130 Å². The summed E-state index contributed by atoms with van der Waals surface area (Å²) < 4.78 is 0. The van der Waals surface area contributed by atoms with Gasteiger partial charge in [0.05, 0.1) is 15.5 Å². The number of nitro groups is 2. The second kappa shape index (κ2) is 6.31. The first-order chi connectivity index (χ1) is 10.4. The van der Waals surface area contributed by atoms with Gasteiger partial charge in [0.25, 0.3) is 11.4 Å². The molecule has 0 saturated carbocycles. The minimum atomic E-state index is -0.587. The molecule has 112 valence electrons. The van der Waals surface area contributed by atoms with Gasteiger partial charge in [-0.15, -0.1) is 0 Å². The molecule has 0 saturated heterocycles. The van der Waals surface area contributed by atoms with Crippen LogP contribution >= 0.6 is 11.6 Å². The number of halogens is 1. The molecular formula is C14H10ClN3O4. The minimum Gasteiger partial charge on any atom is -0.258 e. The van der Waals surface area contributed by atoms with Crippen molar-refractivity contribution < 1.29 is 9.85 Å². The molecule has 2 rings (SSSR count). The van der Waals surface area contributed by atoms with Crippen LogP contribution in [0.2, 0.25) is 5.02 Å². The lowest BCUT2D eigenvalue weighted by atomic mass is 10.2. The molecule has 0 N–H and O–H groups in total. The lowest BCUT2D eigenvalue weighted by Gasteiger charge is -1.99. The van der Waals surface area contributed by atoms with Gasteiger partial charge in [0.1, 0.15) is 5.02 Å². The van der Waals surface area contributed by atoms with E-state index in [9.17, 15) is 20.2 Å². The van der Waals surface area contributed by atoms with Crippen LogP contribution in [0.25, 0.3) is 0 Å². The van der Waals surface area contributed by atoms with Crippen LogP contribution in [0.4, 0.5) is 17.1 Å². The summed E-state index contributed by atoms with van der Waals surface area (Å²) in [6.07, 6.45) is 1.39. The second-order valence-corrected chi connectivity index (χ2v) is 4.86. The van der Waals surface area contributed by atoms with E-state index in [0.29, 0.717) is 16.8 Å². The molecule has 0 amide bonds. The molecule has 8 heteroatoms. The summed E-state index contributed by atoms with van der Waals surface area (Å²) in [5.41, 5.74) is 1.14. The van der Waals surface area contributed by atoms with Crippen molar-refractivity contribution in [2.24, 2.45) is 4.99 Å². The summed E-state index contributed by atoms with van der Waals surface area (Å²) >= 11 is 5.72. The van der Waals surface area contributed by atoms with E-state index in [2.05, 4.69) is 4.99 Å². The minimum absolute atomic E-state index is 0.0308. The van der Waals surface area contributed by atoms with E-state index in [1.54, 1.807) is 25.1 Å². The molecular weight excluding hydrogens is 310 g/mol. The first-order valence-electron chi connectivity index (χ1n) is 6.11. The largest absolute Gasteiger partial charge is 0.288 e. The number of rotatable bonds is 4. The van der Waals surface area contributed by atoms with Crippen molar-refractivity contribution in [2.45, 2.75) is 6.92 Å². The van der Waals surface area contributed by atoms with Crippen LogP contribution in [0.5, 0.6) is 0 Å². The zero-order chi connectivity index (χ0) is 16.3. The third kappa shape index (κ3) is 3.44. The van der Waals surface area contributed by atoms with Crippen molar-refractivity contribution in [3.63, 3.8) is 0 Å². The van der Waals surface area contributed by atoms with Crippen LogP contribution in [-0.2, 0) is 0 Å². The van der Waals surface area contributed by atoms with E-state index in [1.165, 1.54) is 24.4 Å². The number of nitrogens with zero attached hydrogens (tertiary/aromatic N) is 3. The summed E-state index contributed by atoms with van der Waals surface area (Å²) in [6.45, 7) is 1.63. The molecule has 2 aromatic carbocycles. The maximum absolute atomic E-state index is 10.9. The van der Waals surface area contributed by atoms with Crippen LogP contribution in [0.3, 0.4) is 0 Å². The molecule has 0 fully saturated rings. The Morgan fingerprint density at radius 1 is 1.05 bits per heavy atom. The molecule has 0 aromatic heterocycles. The maximum Gasteiger partial charge on any atom is 0.288 e. The van der Waals surface area contributed by atoms with Gasteiger partial charge in [-0.25, -0.2) is 0 Å². The Kier molecular flexibility index (Phi) is 4.47. The van der Waals surface area contributed by atoms with Gasteiger partial charge in [-0.2, -0.15) is 0 Å². The maximum atomic E-state index is 10.9. The average molecular weight is 320 g/mol. The zero-order valence-corrected chi connectivity index (χ0v) is 12.1. The van der Waals surface area contributed by atoms with Gasteiger partial charge in [-0.05, 0) is 24.6 Å². The smallest absolute Gasteiger partial charge is 0.258 e. The van der Waals surface area contributed by atoms with Gasteiger partial charge in [0.15, 0.2) is 0 Å². The van der Waals surface area contributed by atoms with Crippen molar-refractivity contribution >= 4 is 34.9 Å². The fourth-order valence-corrected chi connectivity index (χ4v) is 1.96. The van der Waals surface area contributed by atoms with E-state index in [4.69, 9.17) is 11.6 Å². The third-order valence-corrected chi connectivity index (χ3v) is 3.24. The highest BCUT2D eigenvalue weighted by atomic mass is 35.5. The van der Waals surface area contributed by atoms with Crippen molar-refractivity contribution in [3.05, 3.63) is 72.8 Å². The molecule has 0 heterocycles. The highest BCUT2D eigenvalue weighted by molar-refractivity contribution is 6.32. The number of hydrogen-bond acceptors (Lipinski definition) is 5. The van der Waals surface area contributed by atoms with Gasteiger partial charge < -0.3 is 0 Å². The summed E-state index contributed by atoms with van der Waals surface area (Å²) in [4.78, 5) is 24.7. The first-order valence-corrected chi connectivity index (χ1v) is 6.49. The second-order valence-electron chi connectivity index (χ2n) is 4.45. The van der Waals surface area contributed by atoms with Gasteiger partial charge in [-0.1, -0.05) is 23.7 Å². The van der Waals surface area contributed by atoms with Crippen molar-refractivity contribution in [1.29, 1.82) is 0 Å². The monoisotopic (exact) mass is 319 g/mol. The Bertz CT molecular complexity index is 724.